The molecule has 4 nitrogen and oxygen atoms in total. The van der Waals surface area contributed by atoms with E-state index < -0.39 is 0 Å². The van der Waals surface area contributed by atoms with Gasteiger partial charge in [0.05, 0.1) is 20.1 Å². The number of hydrogen-bond donors (Lipinski definition) is 0. The molecule has 0 amide bonds. The summed E-state index contributed by atoms with van der Waals surface area (Å²) in [6.45, 7) is 0.707. The number of esters is 1. The fourth-order valence-corrected chi connectivity index (χ4v) is 5.16. The monoisotopic (exact) mass is 419 g/mol. The number of carbonyl (C=O) groups is 1. The molecule has 0 unspecified atom stereocenters. The molecule has 0 bridgehead atoms. The minimum Gasteiger partial charge on any atom is -0.497 e. The minimum atomic E-state index is -0.136. The first-order valence-electron chi connectivity index (χ1n) is 9.32. The van der Waals surface area contributed by atoms with Gasteiger partial charge in [0.15, 0.2) is 0 Å². The van der Waals surface area contributed by atoms with Crippen LogP contribution in [0.4, 0.5) is 0 Å². The van der Waals surface area contributed by atoms with Gasteiger partial charge in [-0.05, 0) is 55.4 Å². The van der Waals surface area contributed by atoms with Gasteiger partial charge in [-0.25, -0.2) is 0 Å². The molecule has 3 rings (SSSR count). The van der Waals surface area contributed by atoms with Gasteiger partial charge in [0.25, 0.3) is 0 Å². The maximum Gasteiger partial charge on any atom is 0.309 e. The average molecular weight is 420 g/mol. The predicted octanol–water partition coefficient (Wildman–Crippen LogP) is 4.72. The molecule has 2 aromatic rings. The Morgan fingerprint density at radius 3 is 2.64 bits per heavy atom. The summed E-state index contributed by atoms with van der Waals surface area (Å²) in [4.78, 5) is 15.7. The second-order valence-electron chi connectivity index (χ2n) is 7.11. The van der Waals surface area contributed by atoms with E-state index in [0.29, 0.717) is 12.6 Å². The highest BCUT2D eigenvalue weighted by Gasteiger charge is 2.38. The fraction of sp³-hybridized carbons (Fsp3) is 0.409. The summed E-state index contributed by atoms with van der Waals surface area (Å²) in [5, 5.41) is 0.745. The molecule has 1 aliphatic rings. The molecule has 1 heterocycles. The van der Waals surface area contributed by atoms with Crippen LogP contribution in [0.15, 0.2) is 53.4 Å². The van der Waals surface area contributed by atoms with Crippen LogP contribution in [0.25, 0.3) is 0 Å². The van der Waals surface area contributed by atoms with Crippen molar-refractivity contribution < 1.29 is 14.3 Å². The van der Waals surface area contributed by atoms with Crippen molar-refractivity contribution in [2.75, 3.05) is 33.6 Å². The lowest BCUT2D eigenvalue weighted by atomic mass is 9.79. The largest absolute Gasteiger partial charge is 0.497 e. The molecule has 0 spiro atoms. The Morgan fingerprint density at radius 1 is 1.21 bits per heavy atom. The van der Waals surface area contributed by atoms with Crippen molar-refractivity contribution in [3.63, 3.8) is 0 Å². The number of ether oxygens (including phenoxy) is 2. The van der Waals surface area contributed by atoms with E-state index in [4.69, 9.17) is 21.1 Å². The second kappa shape index (κ2) is 9.68. The van der Waals surface area contributed by atoms with Gasteiger partial charge in [-0.1, -0.05) is 23.7 Å². The molecule has 0 aromatic heterocycles. The molecule has 150 valence electrons. The zero-order chi connectivity index (χ0) is 20.1. The Hall–Kier alpha value is -1.69. The summed E-state index contributed by atoms with van der Waals surface area (Å²) in [5.74, 6) is 1.72. The second-order valence-corrected chi connectivity index (χ2v) is 8.64. The number of halogens is 1. The van der Waals surface area contributed by atoms with Crippen LogP contribution in [0.1, 0.15) is 17.9 Å². The molecule has 0 aliphatic carbocycles. The number of likely N-dealkylation sites (tertiary alicyclic amines) is 1. The van der Waals surface area contributed by atoms with Crippen LogP contribution in [-0.2, 0) is 9.53 Å². The number of likely N-dealkylation sites (N-methyl/N-ethyl adjacent to an activating group) is 1. The number of benzene rings is 2. The summed E-state index contributed by atoms with van der Waals surface area (Å²) < 4.78 is 10.5. The Bertz CT molecular complexity index is 799. The number of hydrogen-bond acceptors (Lipinski definition) is 5. The quantitative estimate of drug-likeness (QED) is 0.500. The average Bonchev–Trinajstić information content (AvgIpc) is 2.73. The number of nitrogens with zero attached hydrogens (tertiary/aromatic N) is 1. The molecular weight excluding hydrogens is 394 g/mol. The predicted molar refractivity (Wildman–Crippen MR) is 114 cm³/mol. The molecule has 1 saturated heterocycles. The maximum atomic E-state index is 12.2. The number of thioether (sulfide) groups is 1. The van der Waals surface area contributed by atoms with Gasteiger partial charge >= 0.3 is 5.97 Å². The first-order valence-corrected chi connectivity index (χ1v) is 10.7. The Morgan fingerprint density at radius 2 is 1.96 bits per heavy atom. The van der Waals surface area contributed by atoms with Crippen LogP contribution < -0.4 is 4.74 Å². The summed E-state index contributed by atoms with van der Waals surface area (Å²) in [6, 6.07) is 16.4. The molecule has 0 saturated carbocycles. The molecule has 0 N–H and O–H groups in total. The normalized spacial score (nSPS) is 22.6. The maximum absolute atomic E-state index is 12.2. The third-order valence-electron chi connectivity index (χ3n) is 5.37. The zero-order valence-electron chi connectivity index (χ0n) is 16.4. The lowest BCUT2D eigenvalue weighted by molar-refractivity contribution is -0.148. The molecule has 1 aliphatic heterocycles. The first kappa shape index (κ1) is 21.0. The van der Waals surface area contributed by atoms with Crippen molar-refractivity contribution in [3.8, 4) is 5.75 Å². The van der Waals surface area contributed by atoms with E-state index in [2.05, 4.69) is 24.1 Å². The van der Waals surface area contributed by atoms with E-state index in [1.54, 1.807) is 7.11 Å². The van der Waals surface area contributed by atoms with Gasteiger partial charge in [-0.2, -0.15) is 0 Å². The van der Waals surface area contributed by atoms with E-state index in [-0.39, 0.29) is 17.8 Å². The van der Waals surface area contributed by atoms with Gasteiger partial charge < -0.3 is 14.4 Å². The van der Waals surface area contributed by atoms with E-state index in [9.17, 15) is 4.79 Å². The standard InChI is InChI=1S/C22H26ClNO3S/c1-24-13-16(22(25)27-3)12-20(15-5-4-6-18(11-15)26-2)21(24)14-28-19-9-7-17(23)8-10-19/h4-11,16,20-21H,12-14H2,1-3H3/t16-,20+,21+/m1/s1. The van der Waals surface area contributed by atoms with E-state index >= 15 is 0 Å². The molecule has 1 fully saturated rings. The highest BCUT2D eigenvalue weighted by molar-refractivity contribution is 7.99. The summed E-state index contributed by atoms with van der Waals surface area (Å²) in [5.41, 5.74) is 1.20. The molecule has 28 heavy (non-hydrogen) atoms. The van der Waals surface area contributed by atoms with Crippen molar-refractivity contribution in [1.29, 1.82) is 0 Å². The third-order valence-corrected chi connectivity index (χ3v) is 6.73. The van der Waals surface area contributed by atoms with Crippen molar-refractivity contribution in [2.24, 2.45) is 5.92 Å². The highest BCUT2D eigenvalue weighted by Crippen LogP contribution is 2.38. The van der Waals surface area contributed by atoms with Crippen molar-refractivity contribution in [3.05, 3.63) is 59.1 Å². The molecule has 3 atom stereocenters. The number of rotatable bonds is 6. The van der Waals surface area contributed by atoms with Crippen LogP contribution in [0.5, 0.6) is 5.75 Å². The van der Waals surface area contributed by atoms with Gasteiger partial charge in [0.2, 0.25) is 0 Å². The zero-order valence-corrected chi connectivity index (χ0v) is 18.0. The Kier molecular flexibility index (Phi) is 7.27. The topological polar surface area (TPSA) is 38.8 Å². The van der Waals surface area contributed by atoms with E-state index in [0.717, 1.165) is 22.9 Å². The summed E-state index contributed by atoms with van der Waals surface area (Å²) in [7, 11) is 5.23. The smallest absolute Gasteiger partial charge is 0.309 e. The van der Waals surface area contributed by atoms with E-state index in [1.807, 2.05) is 48.2 Å². The van der Waals surface area contributed by atoms with Crippen molar-refractivity contribution >= 4 is 29.3 Å². The number of methoxy groups -OCH3 is 2. The lowest BCUT2D eigenvalue weighted by Crippen LogP contribution is -2.49. The Balaban J connectivity index is 1.83. The van der Waals surface area contributed by atoms with Gasteiger partial charge in [0, 0.05) is 34.2 Å². The number of piperidine rings is 1. The van der Waals surface area contributed by atoms with Crippen molar-refractivity contribution in [2.45, 2.75) is 23.3 Å². The fourth-order valence-electron chi connectivity index (χ4n) is 3.85. The SMILES string of the molecule is COC(=O)[C@@H]1C[C@@H](c2cccc(OC)c2)[C@H](CSc2ccc(Cl)cc2)N(C)C1. The first-order chi connectivity index (χ1) is 13.5. The van der Waals surface area contributed by atoms with E-state index in [1.165, 1.54) is 17.6 Å². The van der Waals surface area contributed by atoms with Crippen LogP contribution in [-0.4, -0.2) is 50.5 Å². The van der Waals surface area contributed by atoms with Crippen molar-refractivity contribution in [1.82, 2.24) is 4.90 Å². The third kappa shape index (κ3) is 5.02. The molecular formula is C22H26ClNO3S. The van der Waals surface area contributed by atoms with Gasteiger partial charge in [-0.3, -0.25) is 4.79 Å². The van der Waals surface area contributed by atoms with Crippen LogP contribution >= 0.6 is 23.4 Å². The van der Waals surface area contributed by atoms with Crippen LogP contribution in [0, 0.1) is 5.92 Å². The Labute approximate surface area is 176 Å². The van der Waals surface area contributed by atoms with Crippen LogP contribution in [0.2, 0.25) is 5.02 Å². The summed E-state index contributed by atoms with van der Waals surface area (Å²) >= 11 is 7.82. The lowest BCUT2D eigenvalue weighted by Gasteiger charge is -2.42. The number of carbonyl (C=O) groups excluding carboxylic acids is 1. The minimum absolute atomic E-state index is 0.122. The summed E-state index contributed by atoms with van der Waals surface area (Å²) in [6.07, 6.45) is 0.774. The highest BCUT2D eigenvalue weighted by atomic mass is 35.5. The van der Waals surface area contributed by atoms with Gasteiger partial charge in [0.1, 0.15) is 5.75 Å². The van der Waals surface area contributed by atoms with Gasteiger partial charge in [-0.15, -0.1) is 11.8 Å². The molecule has 0 radical (unpaired) electrons. The molecule has 2 aromatic carbocycles. The molecule has 6 heteroatoms. The van der Waals surface area contributed by atoms with Crippen LogP contribution in [0.3, 0.4) is 0 Å².